The summed E-state index contributed by atoms with van der Waals surface area (Å²) in [6.45, 7) is 0. The first kappa shape index (κ1) is 8.94. The number of rotatable bonds is 3. The minimum absolute atomic E-state index is 0.0794. The number of carbonyl (C=O) groups is 1. The third-order valence-electron chi connectivity index (χ3n) is 0.879. The van der Waals surface area contributed by atoms with Crippen LogP contribution in [0.2, 0.25) is 0 Å². The summed E-state index contributed by atoms with van der Waals surface area (Å²) in [6, 6.07) is 0. The van der Waals surface area contributed by atoms with E-state index in [0.717, 1.165) is 0 Å². The van der Waals surface area contributed by atoms with Gasteiger partial charge in [-0.2, -0.15) is 4.98 Å². The fraction of sp³-hybridized carbons (Fsp3) is 0. The van der Waals surface area contributed by atoms with Gasteiger partial charge < -0.3 is 0 Å². The van der Waals surface area contributed by atoms with Crippen LogP contribution in [0.3, 0.4) is 0 Å². The Kier molecular flexibility index (Phi) is 2.29. The minimum atomic E-state index is -3.94. The van der Waals surface area contributed by atoms with Crippen LogP contribution < -0.4 is 5.32 Å². The van der Waals surface area contributed by atoms with Crippen molar-refractivity contribution in [2.24, 2.45) is 0 Å². The number of aromatic nitrogens is 3. The first-order valence-corrected chi connectivity index (χ1v) is 4.92. The summed E-state index contributed by atoms with van der Waals surface area (Å²) in [7, 11) is 0.946. The van der Waals surface area contributed by atoms with Crippen LogP contribution in [0.25, 0.3) is 0 Å². The lowest BCUT2D eigenvalue weighted by Crippen LogP contribution is -1.96. The SMILES string of the molecule is O=CNc1nc(S(=O)(=O)Cl)n[nH]1. The molecule has 0 radical (unpaired) electrons. The van der Waals surface area contributed by atoms with Crippen LogP contribution >= 0.6 is 10.7 Å². The summed E-state index contributed by atoms with van der Waals surface area (Å²) < 4.78 is 21.1. The number of hydrogen-bond donors (Lipinski definition) is 2. The Balaban J connectivity index is 2.99. The summed E-state index contributed by atoms with van der Waals surface area (Å²) in [5.74, 6) is -0.0794. The number of nitrogens with zero attached hydrogens (tertiary/aromatic N) is 2. The minimum Gasteiger partial charge on any atom is -0.298 e. The molecule has 1 rings (SSSR count). The van der Waals surface area contributed by atoms with Crippen molar-refractivity contribution in [3.05, 3.63) is 0 Å². The predicted molar refractivity (Wildman–Crippen MR) is 39.1 cm³/mol. The maximum atomic E-state index is 10.6. The molecule has 0 fully saturated rings. The van der Waals surface area contributed by atoms with Crippen LogP contribution in [-0.2, 0) is 13.8 Å². The quantitative estimate of drug-likeness (QED) is 0.507. The highest BCUT2D eigenvalue weighted by Crippen LogP contribution is 2.09. The molecule has 0 aliphatic carbocycles. The van der Waals surface area contributed by atoms with Gasteiger partial charge >= 0.3 is 0 Å². The smallest absolute Gasteiger partial charge is 0.298 e. The van der Waals surface area contributed by atoms with E-state index in [-0.39, 0.29) is 5.95 Å². The molecule has 0 aliphatic rings. The Morgan fingerprint density at radius 1 is 1.58 bits per heavy atom. The summed E-state index contributed by atoms with van der Waals surface area (Å²) in [5, 5.41) is 6.87. The second-order valence-electron chi connectivity index (χ2n) is 1.67. The van der Waals surface area contributed by atoms with E-state index in [9.17, 15) is 13.2 Å². The molecule has 0 saturated carbocycles. The molecule has 0 unspecified atom stereocenters. The molecule has 7 nitrogen and oxygen atoms in total. The van der Waals surface area contributed by atoms with Crippen LogP contribution in [0.1, 0.15) is 0 Å². The van der Waals surface area contributed by atoms with E-state index in [4.69, 9.17) is 10.7 Å². The second-order valence-corrected chi connectivity index (χ2v) is 4.13. The van der Waals surface area contributed by atoms with Crippen molar-refractivity contribution < 1.29 is 13.2 Å². The Morgan fingerprint density at radius 2 is 2.25 bits per heavy atom. The van der Waals surface area contributed by atoms with Crippen molar-refractivity contribution in [1.82, 2.24) is 15.2 Å². The molecule has 66 valence electrons. The molecular formula is C3H3ClN4O3S. The summed E-state index contributed by atoms with van der Waals surface area (Å²) >= 11 is 0. The lowest BCUT2D eigenvalue weighted by molar-refractivity contribution is -0.105. The van der Waals surface area contributed by atoms with Gasteiger partial charge in [0.1, 0.15) is 0 Å². The van der Waals surface area contributed by atoms with Gasteiger partial charge in [0.25, 0.3) is 14.2 Å². The Bertz CT molecular complexity index is 384. The van der Waals surface area contributed by atoms with Gasteiger partial charge in [-0.3, -0.25) is 10.1 Å². The maximum Gasteiger partial charge on any atom is 0.298 e. The highest BCUT2D eigenvalue weighted by atomic mass is 35.7. The van der Waals surface area contributed by atoms with E-state index >= 15 is 0 Å². The van der Waals surface area contributed by atoms with Gasteiger partial charge in [0.15, 0.2) is 0 Å². The highest BCUT2D eigenvalue weighted by molar-refractivity contribution is 8.13. The average molecular weight is 211 g/mol. The van der Waals surface area contributed by atoms with E-state index in [0.29, 0.717) is 6.41 Å². The van der Waals surface area contributed by atoms with Crippen molar-refractivity contribution in [3.63, 3.8) is 0 Å². The van der Waals surface area contributed by atoms with Gasteiger partial charge in [0.2, 0.25) is 12.4 Å². The third kappa shape index (κ3) is 1.92. The van der Waals surface area contributed by atoms with E-state index in [2.05, 4.69) is 20.5 Å². The fourth-order valence-corrected chi connectivity index (χ4v) is 1.04. The largest absolute Gasteiger partial charge is 0.298 e. The van der Waals surface area contributed by atoms with Crippen LogP contribution in [0.4, 0.5) is 5.95 Å². The van der Waals surface area contributed by atoms with Crippen molar-refractivity contribution in [1.29, 1.82) is 0 Å². The van der Waals surface area contributed by atoms with Gasteiger partial charge in [-0.25, -0.2) is 13.5 Å². The molecule has 0 bridgehead atoms. The average Bonchev–Trinajstić information content (AvgIpc) is 2.35. The van der Waals surface area contributed by atoms with Crippen LogP contribution in [-0.4, -0.2) is 30.0 Å². The number of halogens is 1. The van der Waals surface area contributed by atoms with Crippen LogP contribution in [0.5, 0.6) is 0 Å². The van der Waals surface area contributed by atoms with E-state index in [1.165, 1.54) is 0 Å². The molecule has 0 aliphatic heterocycles. The molecule has 12 heavy (non-hydrogen) atoms. The van der Waals surface area contributed by atoms with E-state index in [1.807, 2.05) is 0 Å². The number of hydrogen-bond acceptors (Lipinski definition) is 5. The summed E-state index contributed by atoms with van der Waals surface area (Å²) in [5.41, 5.74) is 0. The Hall–Kier alpha value is -1.15. The molecule has 1 amide bonds. The molecule has 1 aromatic rings. The van der Waals surface area contributed by atoms with Gasteiger partial charge in [-0.15, -0.1) is 5.10 Å². The molecule has 2 N–H and O–H groups in total. The second kappa shape index (κ2) is 3.07. The zero-order valence-corrected chi connectivity index (χ0v) is 7.06. The standard InChI is InChI=1S/C3H3ClN4O3S/c4-12(10,11)3-6-2(5-1-9)7-8-3/h1H,(H2,5,6,7,8,9). The summed E-state index contributed by atoms with van der Waals surface area (Å²) in [6.07, 6.45) is 0.325. The topological polar surface area (TPSA) is 105 Å². The third-order valence-corrected chi connectivity index (χ3v) is 1.91. The number of aromatic amines is 1. The lowest BCUT2D eigenvalue weighted by atomic mass is 11.0. The Labute approximate surface area is 71.6 Å². The van der Waals surface area contributed by atoms with Gasteiger partial charge in [-0.05, 0) is 0 Å². The van der Waals surface area contributed by atoms with Gasteiger partial charge in [0, 0.05) is 10.7 Å². The van der Waals surface area contributed by atoms with E-state index < -0.39 is 14.2 Å². The monoisotopic (exact) mass is 210 g/mol. The Morgan fingerprint density at radius 3 is 2.67 bits per heavy atom. The molecule has 9 heteroatoms. The molecular weight excluding hydrogens is 208 g/mol. The molecule has 0 saturated heterocycles. The molecule has 0 aromatic carbocycles. The van der Waals surface area contributed by atoms with Crippen LogP contribution in [0, 0.1) is 0 Å². The van der Waals surface area contributed by atoms with Crippen molar-refractivity contribution in [3.8, 4) is 0 Å². The first-order chi connectivity index (χ1) is 5.54. The van der Waals surface area contributed by atoms with E-state index in [1.54, 1.807) is 0 Å². The zero-order chi connectivity index (χ0) is 9.19. The molecule has 0 atom stereocenters. The molecule has 1 aromatic heterocycles. The van der Waals surface area contributed by atoms with Crippen molar-refractivity contribution in [2.45, 2.75) is 5.16 Å². The van der Waals surface area contributed by atoms with Gasteiger partial charge in [-0.1, -0.05) is 0 Å². The van der Waals surface area contributed by atoms with Crippen molar-refractivity contribution >= 4 is 32.1 Å². The highest BCUT2D eigenvalue weighted by Gasteiger charge is 2.16. The number of carbonyl (C=O) groups excluding carboxylic acids is 1. The van der Waals surface area contributed by atoms with Crippen LogP contribution in [0.15, 0.2) is 5.16 Å². The summed E-state index contributed by atoms with van der Waals surface area (Å²) in [4.78, 5) is 13.2. The number of H-pyrrole nitrogens is 1. The lowest BCUT2D eigenvalue weighted by Gasteiger charge is -1.84. The molecule has 0 spiro atoms. The fourth-order valence-electron chi connectivity index (χ4n) is 0.476. The first-order valence-electron chi connectivity index (χ1n) is 2.61. The van der Waals surface area contributed by atoms with Crippen molar-refractivity contribution in [2.75, 3.05) is 5.32 Å². The maximum absolute atomic E-state index is 10.6. The number of amides is 1. The number of anilines is 1. The normalized spacial score (nSPS) is 11.1. The van der Waals surface area contributed by atoms with Gasteiger partial charge in [0.05, 0.1) is 0 Å². The molecule has 1 heterocycles. The predicted octanol–water partition coefficient (Wildman–Crippen LogP) is -0.700. The number of nitrogens with one attached hydrogen (secondary N) is 2. The zero-order valence-electron chi connectivity index (χ0n) is 5.48.